The van der Waals surface area contributed by atoms with Crippen LogP contribution >= 0.6 is 0 Å². The molecule has 1 N–H and O–H groups in total. The van der Waals surface area contributed by atoms with Crippen molar-refractivity contribution in [2.45, 2.75) is 45.6 Å². The monoisotopic (exact) mass is 180 g/mol. The molecule has 0 amide bonds. The van der Waals surface area contributed by atoms with Gasteiger partial charge in [0.05, 0.1) is 5.60 Å². The SMILES string of the molecule is C=C[C@@]1(O)C[C@H]2CC[C@@]1(C)C2(C)C. The smallest absolute Gasteiger partial charge is 0.0886 e. The molecule has 0 unspecified atom stereocenters. The first-order valence-corrected chi connectivity index (χ1v) is 5.23. The molecule has 2 aliphatic rings. The largest absolute Gasteiger partial charge is 0.385 e. The second-order valence-electron chi connectivity index (χ2n) is 5.62. The number of rotatable bonds is 1. The molecule has 74 valence electrons. The number of aliphatic hydroxyl groups is 1. The zero-order valence-corrected chi connectivity index (χ0v) is 8.93. The van der Waals surface area contributed by atoms with E-state index in [1.54, 1.807) is 6.08 Å². The lowest BCUT2D eigenvalue weighted by molar-refractivity contribution is -0.0507. The summed E-state index contributed by atoms with van der Waals surface area (Å²) in [6.07, 6.45) is 5.11. The van der Waals surface area contributed by atoms with Crippen molar-refractivity contribution in [1.82, 2.24) is 0 Å². The lowest BCUT2D eigenvalue weighted by atomic mass is 9.64. The van der Waals surface area contributed by atoms with Crippen LogP contribution in [0.5, 0.6) is 0 Å². The van der Waals surface area contributed by atoms with Gasteiger partial charge in [0.15, 0.2) is 0 Å². The van der Waals surface area contributed by atoms with Gasteiger partial charge in [0.1, 0.15) is 0 Å². The maximum absolute atomic E-state index is 10.5. The highest BCUT2D eigenvalue weighted by Gasteiger charge is 2.67. The lowest BCUT2D eigenvalue weighted by Crippen LogP contribution is -2.45. The molecular weight excluding hydrogens is 160 g/mol. The first kappa shape index (κ1) is 9.26. The van der Waals surface area contributed by atoms with Gasteiger partial charge in [-0.25, -0.2) is 0 Å². The summed E-state index contributed by atoms with van der Waals surface area (Å²) < 4.78 is 0. The predicted molar refractivity (Wildman–Crippen MR) is 54.4 cm³/mol. The molecule has 2 fully saturated rings. The summed E-state index contributed by atoms with van der Waals surface area (Å²) in [6.45, 7) is 10.6. The molecule has 2 aliphatic carbocycles. The van der Waals surface area contributed by atoms with Crippen LogP contribution in [0, 0.1) is 16.7 Å². The number of fused-ring (bicyclic) bond motifs is 2. The number of hydrogen-bond donors (Lipinski definition) is 1. The fourth-order valence-corrected chi connectivity index (χ4v) is 3.64. The summed E-state index contributed by atoms with van der Waals surface area (Å²) >= 11 is 0. The Balaban J connectivity index is 2.49. The van der Waals surface area contributed by atoms with E-state index in [0.717, 1.165) is 12.8 Å². The maximum atomic E-state index is 10.5. The first-order valence-electron chi connectivity index (χ1n) is 5.23. The average molecular weight is 180 g/mol. The quantitative estimate of drug-likeness (QED) is 0.615. The molecule has 13 heavy (non-hydrogen) atoms. The van der Waals surface area contributed by atoms with Gasteiger partial charge in [0.2, 0.25) is 0 Å². The van der Waals surface area contributed by atoms with Crippen LogP contribution in [0.2, 0.25) is 0 Å². The van der Waals surface area contributed by atoms with Crippen LogP contribution in [0.4, 0.5) is 0 Å². The van der Waals surface area contributed by atoms with Crippen molar-refractivity contribution in [3.05, 3.63) is 12.7 Å². The summed E-state index contributed by atoms with van der Waals surface area (Å²) in [7, 11) is 0. The molecule has 2 rings (SSSR count). The highest BCUT2D eigenvalue weighted by atomic mass is 16.3. The fourth-order valence-electron chi connectivity index (χ4n) is 3.64. The molecule has 3 atom stereocenters. The van der Waals surface area contributed by atoms with E-state index >= 15 is 0 Å². The van der Waals surface area contributed by atoms with Crippen LogP contribution in [0.15, 0.2) is 12.7 Å². The molecular formula is C12H20O. The topological polar surface area (TPSA) is 20.2 Å². The van der Waals surface area contributed by atoms with Crippen molar-refractivity contribution in [1.29, 1.82) is 0 Å². The Morgan fingerprint density at radius 3 is 2.23 bits per heavy atom. The molecule has 0 saturated heterocycles. The molecule has 0 aromatic heterocycles. The van der Waals surface area contributed by atoms with Crippen molar-refractivity contribution in [3.8, 4) is 0 Å². The minimum absolute atomic E-state index is 0.0480. The normalized spacial score (nSPS) is 52.5. The van der Waals surface area contributed by atoms with Crippen molar-refractivity contribution in [3.63, 3.8) is 0 Å². The minimum Gasteiger partial charge on any atom is -0.385 e. The Morgan fingerprint density at radius 2 is 2.00 bits per heavy atom. The summed E-state index contributed by atoms with van der Waals surface area (Å²) in [6, 6.07) is 0. The van der Waals surface area contributed by atoms with Crippen molar-refractivity contribution < 1.29 is 5.11 Å². The first-order chi connectivity index (χ1) is 5.87. The summed E-state index contributed by atoms with van der Waals surface area (Å²) in [5, 5.41) is 10.5. The molecule has 2 saturated carbocycles. The maximum Gasteiger partial charge on any atom is 0.0886 e. The van der Waals surface area contributed by atoms with Crippen molar-refractivity contribution in [2.24, 2.45) is 16.7 Å². The highest BCUT2D eigenvalue weighted by Crippen LogP contribution is 2.69. The zero-order valence-electron chi connectivity index (χ0n) is 8.93. The van der Waals surface area contributed by atoms with E-state index < -0.39 is 5.60 Å². The fraction of sp³-hybridized carbons (Fsp3) is 0.833. The molecule has 1 nitrogen and oxygen atoms in total. The second-order valence-corrected chi connectivity index (χ2v) is 5.62. The van der Waals surface area contributed by atoms with E-state index in [2.05, 4.69) is 27.4 Å². The Bertz CT molecular complexity index is 256. The molecule has 0 aromatic carbocycles. The van der Waals surface area contributed by atoms with E-state index in [-0.39, 0.29) is 10.8 Å². The minimum atomic E-state index is -0.612. The van der Waals surface area contributed by atoms with Crippen LogP contribution in [0.3, 0.4) is 0 Å². The Kier molecular flexibility index (Phi) is 1.56. The highest BCUT2D eigenvalue weighted by molar-refractivity contribution is 5.23. The Morgan fingerprint density at radius 1 is 1.38 bits per heavy atom. The van der Waals surface area contributed by atoms with Gasteiger partial charge in [-0.15, -0.1) is 6.58 Å². The van der Waals surface area contributed by atoms with Crippen LogP contribution < -0.4 is 0 Å². The molecule has 0 radical (unpaired) electrons. The van der Waals surface area contributed by atoms with E-state index in [9.17, 15) is 5.11 Å². The van der Waals surface area contributed by atoms with Gasteiger partial charge in [-0.2, -0.15) is 0 Å². The van der Waals surface area contributed by atoms with Crippen LogP contribution in [-0.4, -0.2) is 10.7 Å². The Hall–Kier alpha value is -0.300. The molecule has 2 bridgehead atoms. The molecule has 0 aliphatic heterocycles. The van der Waals surface area contributed by atoms with E-state index in [1.165, 1.54) is 6.42 Å². The third kappa shape index (κ3) is 0.775. The summed E-state index contributed by atoms with van der Waals surface area (Å²) in [5.74, 6) is 0.681. The number of hydrogen-bond acceptors (Lipinski definition) is 1. The van der Waals surface area contributed by atoms with Crippen LogP contribution in [-0.2, 0) is 0 Å². The van der Waals surface area contributed by atoms with Crippen LogP contribution in [0.25, 0.3) is 0 Å². The van der Waals surface area contributed by atoms with Gasteiger partial charge < -0.3 is 5.11 Å². The second kappa shape index (κ2) is 2.20. The van der Waals surface area contributed by atoms with Gasteiger partial charge in [0.25, 0.3) is 0 Å². The molecule has 0 heterocycles. The van der Waals surface area contributed by atoms with E-state index in [1.807, 2.05) is 0 Å². The average Bonchev–Trinajstić information content (AvgIpc) is 2.36. The van der Waals surface area contributed by atoms with E-state index in [4.69, 9.17) is 0 Å². The van der Waals surface area contributed by atoms with Gasteiger partial charge >= 0.3 is 0 Å². The standard InChI is InChI=1S/C12H20O/c1-5-12(13)8-9-6-7-11(12,4)10(9,2)3/h5,9,13H,1,6-8H2,2-4H3/t9-,11+,12-/m1/s1. The molecule has 1 heteroatoms. The van der Waals surface area contributed by atoms with Gasteiger partial charge in [-0.3, -0.25) is 0 Å². The van der Waals surface area contributed by atoms with Crippen LogP contribution in [0.1, 0.15) is 40.0 Å². The third-order valence-electron chi connectivity index (χ3n) is 5.29. The van der Waals surface area contributed by atoms with Crippen molar-refractivity contribution >= 4 is 0 Å². The third-order valence-corrected chi connectivity index (χ3v) is 5.29. The van der Waals surface area contributed by atoms with Gasteiger partial charge in [-0.05, 0) is 30.6 Å². The van der Waals surface area contributed by atoms with Crippen molar-refractivity contribution in [2.75, 3.05) is 0 Å². The van der Waals surface area contributed by atoms with E-state index in [0.29, 0.717) is 5.92 Å². The predicted octanol–water partition coefficient (Wildman–Crippen LogP) is 2.75. The zero-order chi connectivity index (χ0) is 9.91. The lowest BCUT2D eigenvalue weighted by Gasteiger charge is -2.43. The van der Waals surface area contributed by atoms with Gasteiger partial charge in [0, 0.05) is 5.41 Å². The summed E-state index contributed by atoms with van der Waals surface area (Å²) in [5.41, 5.74) is -0.290. The molecule has 0 aromatic rings. The Labute approximate surface area is 80.8 Å². The molecule has 0 spiro atoms. The summed E-state index contributed by atoms with van der Waals surface area (Å²) in [4.78, 5) is 0. The van der Waals surface area contributed by atoms with Gasteiger partial charge in [-0.1, -0.05) is 26.8 Å².